The predicted molar refractivity (Wildman–Crippen MR) is 124 cm³/mol. The average molecular weight is 459 g/mol. The van der Waals surface area contributed by atoms with Crippen LogP contribution in [0, 0.1) is 5.92 Å². The molecule has 2 amide bonds. The predicted octanol–water partition coefficient (Wildman–Crippen LogP) is 2.51. The van der Waals surface area contributed by atoms with Gasteiger partial charge in [0, 0.05) is 31.2 Å². The van der Waals surface area contributed by atoms with Crippen LogP contribution in [-0.2, 0) is 22.4 Å². The van der Waals surface area contributed by atoms with Gasteiger partial charge in [0.15, 0.2) is 0 Å². The van der Waals surface area contributed by atoms with E-state index in [1.54, 1.807) is 0 Å². The normalized spacial score (nSPS) is 19.1. The molecular weight excluding hydrogens is 428 g/mol. The first-order chi connectivity index (χ1) is 15.5. The quantitative estimate of drug-likeness (QED) is 0.389. The summed E-state index contributed by atoms with van der Waals surface area (Å²) in [6.45, 7) is 0.0780. The van der Waals surface area contributed by atoms with Crippen molar-refractivity contribution >= 4 is 23.4 Å². The van der Waals surface area contributed by atoms with Crippen LogP contribution in [-0.4, -0.2) is 46.7 Å². The van der Waals surface area contributed by atoms with E-state index in [1.807, 2.05) is 54.6 Å². The third kappa shape index (κ3) is 6.79. The van der Waals surface area contributed by atoms with Crippen LogP contribution in [0.15, 0.2) is 54.6 Å². The molecule has 2 aromatic carbocycles. The van der Waals surface area contributed by atoms with E-state index in [-0.39, 0.29) is 24.8 Å². The van der Waals surface area contributed by atoms with Crippen molar-refractivity contribution in [3.8, 4) is 0 Å². The Kier molecular flexibility index (Phi) is 9.09. The van der Waals surface area contributed by atoms with E-state index in [4.69, 9.17) is 11.6 Å². The van der Waals surface area contributed by atoms with Gasteiger partial charge in [-0.2, -0.15) is 0 Å². The fourth-order valence-corrected chi connectivity index (χ4v) is 4.29. The highest BCUT2D eigenvalue weighted by molar-refractivity contribution is 6.17. The second-order valence-electron chi connectivity index (χ2n) is 8.33. The summed E-state index contributed by atoms with van der Waals surface area (Å²) in [5.74, 6) is -0.487. The van der Waals surface area contributed by atoms with Crippen LogP contribution in [0.1, 0.15) is 42.0 Å². The van der Waals surface area contributed by atoms with Gasteiger partial charge in [0.2, 0.25) is 11.8 Å². The molecule has 172 valence electrons. The first-order valence-corrected chi connectivity index (χ1v) is 11.6. The van der Waals surface area contributed by atoms with Gasteiger partial charge in [-0.05, 0) is 36.0 Å². The van der Waals surface area contributed by atoms with E-state index >= 15 is 0 Å². The summed E-state index contributed by atoms with van der Waals surface area (Å²) in [6.07, 6.45) is 0.489. The van der Waals surface area contributed by atoms with Crippen LogP contribution in [0.3, 0.4) is 0 Å². The summed E-state index contributed by atoms with van der Waals surface area (Å²) in [7, 11) is 0. The monoisotopic (exact) mass is 458 g/mol. The lowest BCUT2D eigenvalue weighted by molar-refractivity contribution is -0.127. The molecule has 2 aromatic rings. The Morgan fingerprint density at radius 1 is 1.09 bits per heavy atom. The van der Waals surface area contributed by atoms with Gasteiger partial charge in [-0.1, -0.05) is 54.6 Å². The second kappa shape index (κ2) is 12.0. The molecule has 4 atom stereocenters. The van der Waals surface area contributed by atoms with Gasteiger partial charge in [-0.3, -0.25) is 9.59 Å². The van der Waals surface area contributed by atoms with Gasteiger partial charge in [-0.25, -0.2) is 0 Å². The van der Waals surface area contributed by atoms with Crippen molar-refractivity contribution in [2.45, 2.75) is 50.4 Å². The number of amides is 2. The minimum atomic E-state index is -0.866. The van der Waals surface area contributed by atoms with Gasteiger partial charge in [0.1, 0.15) is 0 Å². The van der Waals surface area contributed by atoms with Crippen molar-refractivity contribution in [1.82, 2.24) is 10.6 Å². The van der Waals surface area contributed by atoms with E-state index in [2.05, 4.69) is 10.6 Å². The van der Waals surface area contributed by atoms with Crippen molar-refractivity contribution in [3.05, 3.63) is 71.3 Å². The largest absolute Gasteiger partial charge is 0.391 e. The van der Waals surface area contributed by atoms with Crippen LogP contribution in [0.5, 0.6) is 0 Å². The molecule has 4 N–H and O–H groups in total. The lowest BCUT2D eigenvalue weighted by Crippen LogP contribution is -2.41. The summed E-state index contributed by atoms with van der Waals surface area (Å²) in [5, 5.41) is 26.7. The Morgan fingerprint density at radius 3 is 2.56 bits per heavy atom. The van der Waals surface area contributed by atoms with Crippen molar-refractivity contribution in [2.75, 3.05) is 12.4 Å². The summed E-state index contributed by atoms with van der Waals surface area (Å²) in [4.78, 5) is 25.1. The highest BCUT2D eigenvalue weighted by Crippen LogP contribution is 2.31. The molecular formula is C25H31ClN2O4. The number of benzene rings is 2. The molecule has 6 nitrogen and oxygen atoms in total. The average Bonchev–Trinajstić information content (AvgIpc) is 3.11. The molecule has 3 rings (SSSR count). The first-order valence-electron chi connectivity index (χ1n) is 11.1. The van der Waals surface area contributed by atoms with E-state index in [0.717, 1.165) is 16.7 Å². The summed E-state index contributed by atoms with van der Waals surface area (Å²) in [6, 6.07) is 16.9. The number of nitrogens with one attached hydrogen (secondary N) is 2. The third-order valence-corrected chi connectivity index (χ3v) is 6.09. The molecule has 1 aliphatic carbocycles. The highest BCUT2D eigenvalue weighted by atomic mass is 35.5. The number of alkyl halides is 1. The van der Waals surface area contributed by atoms with E-state index in [0.29, 0.717) is 31.6 Å². The lowest BCUT2D eigenvalue weighted by atomic mass is 9.92. The summed E-state index contributed by atoms with van der Waals surface area (Å²) in [5.41, 5.74) is 2.95. The molecule has 0 heterocycles. The van der Waals surface area contributed by atoms with E-state index in [1.165, 1.54) is 0 Å². The number of fused-ring (bicyclic) bond motifs is 1. The first kappa shape index (κ1) is 24.2. The summed E-state index contributed by atoms with van der Waals surface area (Å²) >= 11 is 5.61. The minimum Gasteiger partial charge on any atom is -0.391 e. The van der Waals surface area contributed by atoms with Gasteiger partial charge >= 0.3 is 0 Å². The molecule has 0 unspecified atom stereocenters. The maximum atomic E-state index is 13.2. The number of hydrogen-bond donors (Lipinski definition) is 4. The molecule has 0 saturated heterocycles. The molecule has 0 bridgehead atoms. The fraction of sp³-hybridized carbons (Fsp3) is 0.440. The number of carbonyl (C=O) groups excluding carboxylic acids is 2. The zero-order chi connectivity index (χ0) is 22.9. The van der Waals surface area contributed by atoms with Gasteiger partial charge in [0.05, 0.1) is 18.2 Å². The van der Waals surface area contributed by atoms with Crippen molar-refractivity contribution < 1.29 is 19.8 Å². The number of aliphatic hydroxyl groups is 2. The van der Waals surface area contributed by atoms with Crippen molar-refractivity contribution in [2.24, 2.45) is 5.92 Å². The second-order valence-corrected chi connectivity index (χ2v) is 8.71. The SMILES string of the molecule is O=C(CCCCl)NC[C@@H](O)C[C@@H](Cc1ccccc1)C(=O)N[C@H]1c2ccccc2C[C@H]1O. The van der Waals surface area contributed by atoms with Crippen LogP contribution in [0.4, 0.5) is 0 Å². The molecule has 0 spiro atoms. The summed E-state index contributed by atoms with van der Waals surface area (Å²) < 4.78 is 0. The molecule has 0 aromatic heterocycles. The molecule has 1 aliphatic rings. The van der Waals surface area contributed by atoms with Gasteiger partial charge in [0.25, 0.3) is 0 Å². The lowest BCUT2D eigenvalue weighted by Gasteiger charge is -2.24. The molecule has 7 heteroatoms. The van der Waals surface area contributed by atoms with Crippen molar-refractivity contribution in [1.29, 1.82) is 0 Å². The maximum absolute atomic E-state index is 13.2. The number of carbonyl (C=O) groups is 2. The van der Waals surface area contributed by atoms with Gasteiger partial charge in [-0.15, -0.1) is 11.6 Å². The zero-order valence-corrected chi connectivity index (χ0v) is 18.8. The topological polar surface area (TPSA) is 98.7 Å². The maximum Gasteiger partial charge on any atom is 0.224 e. The molecule has 0 aliphatic heterocycles. The molecule has 0 fully saturated rings. The number of hydrogen-bond acceptors (Lipinski definition) is 4. The Hall–Kier alpha value is -2.41. The Balaban J connectivity index is 1.65. The van der Waals surface area contributed by atoms with Crippen LogP contribution in [0.25, 0.3) is 0 Å². The van der Waals surface area contributed by atoms with Crippen LogP contribution in [0.2, 0.25) is 0 Å². The molecule has 0 radical (unpaired) electrons. The molecule has 0 saturated carbocycles. The standard InChI is InChI=1S/C25H31ClN2O4/c26-12-6-11-23(31)27-16-20(29)14-19(13-17-7-2-1-3-8-17)25(32)28-24-21-10-5-4-9-18(21)15-22(24)30/h1-5,7-10,19-20,22,24,29-30H,6,11-16H2,(H,27,31)(H,28,32)/t19-,20+,22-,24+/m1/s1. The number of halogens is 1. The van der Waals surface area contributed by atoms with E-state index in [9.17, 15) is 19.8 Å². The third-order valence-electron chi connectivity index (χ3n) is 5.83. The van der Waals surface area contributed by atoms with Gasteiger partial charge < -0.3 is 20.8 Å². The van der Waals surface area contributed by atoms with Crippen LogP contribution >= 0.6 is 11.6 Å². The minimum absolute atomic E-state index is 0.0780. The van der Waals surface area contributed by atoms with Crippen molar-refractivity contribution in [3.63, 3.8) is 0 Å². The number of aliphatic hydroxyl groups excluding tert-OH is 2. The highest BCUT2D eigenvalue weighted by Gasteiger charge is 2.34. The zero-order valence-electron chi connectivity index (χ0n) is 18.0. The number of rotatable bonds is 11. The van der Waals surface area contributed by atoms with Crippen LogP contribution < -0.4 is 10.6 Å². The smallest absolute Gasteiger partial charge is 0.224 e. The Bertz CT molecular complexity index is 893. The van der Waals surface area contributed by atoms with E-state index < -0.39 is 24.2 Å². The Labute approximate surface area is 194 Å². The molecule has 32 heavy (non-hydrogen) atoms. The fourth-order valence-electron chi connectivity index (χ4n) is 4.16. The Morgan fingerprint density at radius 2 is 1.81 bits per heavy atom.